The molecule has 1 amide bonds. The molecular formula is C12H19N3O2. The van der Waals surface area contributed by atoms with Gasteiger partial charge in [-0.15, -0.1) is 0 Å². The van der Waals surface area contributed by atoms with Crippen molar-refractivity contribution in [1.82, 2.24) is 10.1 Å². The topological polar surface area (TPSA) is 72.4 Å². The lowest BCUT2D eigenvalue weighted by atomic mass is 10.1. The molecule has 2 N–H and O–H groups in total. The molecule has 2 rings (SSSR count). The van der Waals surface area contributed by atoms with Crippen molar-refractivity contribution >= 4 is 5.91 Å². The van der Waals surface area contributed by atoms with Crippen LogP contribution in [0.15, 0.2) is 10.6 Å². The van der Waals surface area contributed by atoms with E-state index >= 15 is 0 Å². The number of amides is 1. The van der Waals surface area contributed by atoms with E-state index in [0.717, 1.165) is 30.8 Å². The Morgan fingerprint density at radius 3 is 3.12 bits per heavy atom. The lowest BCUT2D eigenvalue weighted by molar-refractivity contribution is -0.134. The standard InChI is InChI=1S/C12H19N3O2/c1-3-9(13)12(16)15-6-4-5-10(15)11-7-8(2)14-17-11/h7,9-10H,3-6,13H2,1-2H3/t9-,10?/m0/s1. The molecule has 17 heavy (non-hydrogen) atoms. The van der Waals surface area contributed by atoms with Crippen LogP contribution in [0, 0.1) is 6.92 Å². The van der Waals surface area contributed by atoms with Crippen LogP contribution in [0.1, 0.15) is 43.7 Å². The van der Waals surface area contributed by atoms with E-state index in [1.807, 2.05) is 24.8 Å². The molecule has 1 fully saturated rings. The van der Waals surface area contributed by atoms with Crippen molar-refractivity contribution in [2.75, 3.05) is 6.54 Å². The average Bonchev–Trinajstić information content (AvgIpc) is 2.94. The van der Waals surface area contributed by atoms with Crippen LogP contribution in [0.3, 0.4) is 0 Å². The van der Waals surface area contributed by atoms with E-state index in [9.17, 15) is 4.79 Å². The van der Waals surface area contributed by atoms with E-state index in [2.05, 4.69) is 5.16 Å². The quantitative estimate of drug-likeness (QED) is 0.862. The Balaban J connectivity index is 2.15. The van der Waals surface area contributed by atoms with Crippen LogP contribution < -0.4 is 5.73 Å². The highest BCUT2D eigenvalue weighted by Crippen LogP contribution is 2.32. The summed E-state index contributed by atoms with van der Waals surface area (Å²) in [6.45, 7) is 4.56. The van der Waals surface area contributed by atoms with Gasteiger partial charge in [0.25, 0.3) is 0 Å². The number of aryl methyl sites for hydroxylation is 1. The monoisotopic (exact) mass is 237 g/mol. The van der Waals surface area contributed by atoms with Gasteiger partial charge in [-0.2, -0.15) is 0 Å². The third kappa shape index (κ3) is 2.34. The highest BCUT2D eigenvalue weighted by Gasteiger charge is 2.34. The van der Waals surface area contributed by atoms with E-state index in [4.69, 9.17) is 10.3 Å². The van der Waals surface area contributed by atoms with Crippen LogP contribution >= 0.6 is 0 Å². The SMILES string of the molecule is CC[C@H](N)C(=O)N1CCCC1c1cc(C)no1. The van der Waals surface area contributed by atoms with E-state index in [1.165, 1.54) is 0 Å². The molecule has 5 heteroatoms. The van der Waals surface area contributed by atoms with Gasteiger partial charge in [0.15, 0.2) is 5.76 Å². The zero-order valence-electron chi connectivity index (χ0n) is 10.3. The summed E-state index contributed by atoms with van der Waals surface area (Å²) >= 11 is 0. The first kappa shape index (κ1) is 12.1. The van der Waals surface area contributed by atoms with Crippen molar-refractivity contribution in [3.63, 3.8) is 0 Å². The number of likely N-dealkylation sites (tertiary alicyclic amines) is 1. The first-order valence-electron chi connectivity index (χ1n) is 6.12. The zero-order valence-corrected chi connectivity index (χ0v) is 10.3. The minimum atomic E-state index is -0.403. The van der Waals surface area contributed by atoms with Gasteiger partial charge in [-0.25, -0.2) is 0 Å². The van der Waals surface area contributed by atoms with Crippen LogP contribution in [0.2, 0.25) is 0 Å². The molecule has 0 bridgehead atoms. The Morgan fingerprint density at radius 1 is 1.76 bits per heavy atom. The molecule has 1 aromatic heterocycles. The summed E-state index contributed by atoms with van der Waals surface area (Å²) in [7, 11) is 0. The maximum Gasteiger partial charge on any atom is 0.240 e. The van der Waals surface area contributed by atoms with Gasteiger partial charge in [0, 0.05) is 12.6 Å². The number of hydrogen-bond acceptors (Lipinski definition) is 4. The maximum atomic E-state index is 12.1. The summed E-state index contributed by atoms with van der Waals surface area (Å²) in [6.07, 6.45) is 2.58. The zero-order chi connectivity index (χ0) is 12.4. The highest BCUT2D eigenvalue weighted by atomic mass is 16.5. The second-order valence-corrected chi connectivity index (χ2v) is 4.58. The first-order chi connectivity index (χ1) is 8.13. The van der Waals surface area contributed by atoms with Gasteiger partial charge >= 0.3 is 0 Å². The predicted octanol–water partition coefficient (Wildman–Crippen LogP) is 1.38. The molecule has 5 nitrogen and oxygen atoms in total. The molecule has 2 atom stereocenters. The minimum Gasteiger partial charge on any atom is -0.359 e. The first-order valence-corrected chi connectivity index (χ1v) is 6.12. The summed E-state index contributed by atoms with van der Waals surface area (Å²) in [6, 6.07) is 1.51. The molecule has 0 aliphatic carbocycles. The van der Waals surface area contributed by atoms with E-state index in [1.54, 1.807) is 0 Å². The number of carbonyl (C=O) groups excluding carboxylic acids is 1. The van der Waals surface area contributed by atoms with Crippen LogP contribution in [0.5, 0.6) is 0 Å². The van der Waals surface area contributed by atoms with Crippen LogP contribution in [0.25, 0.3) is 0 Å². The van der Waals surface area contributed by atoms with E-state index < -0.39 is 6.04 Å². The molecule has 1 aliphatic rings. The average molecular weight is 237 g/mol. The Bertz CT molecular complexity index is 402. The summed E-state index contributed by atoms with van der Waals surface area (Å²) in [4.78, 5) is 13.9. The number of nitrogens with zero attached hydrogens (tertiary/aromatic N) is 2. The lowest BCUT2D eigenvalue weighted by Gasteiger charge is -2.25. The van der Waals surface area contributed by atoms with Crippen LogP contribution in [-0.2, 0) is 4.79 Å². The molecule has 1 aliphatic heterocycles. The Hall–Kier alpha value is -1.36. The van der Waals surface area contributed by atoms with Crippen LogP contribution in [-0.4, -0.2) is 28.6 Å². The number of rotatable bonds is 3. The van der Waals surface area contributed by atoms with Crippen molar-refractivity contribution < 1.29 is 9.32 Å². The normalized spacial score (nSPS) is 21.8. The molecule has 2 heterocycles. The summed E-state index contributed by atoms with van der Waals surface area (Å²) in [5.74, 6) is 0.792. The molecule has 0 spiro atoms. The van der Waals surface area contributed by atoms with Gasteiger partial charge in [0.1, 0.15) is 0 Å². The van der Waals surface area contributed by atoms with Gasteiger partial charge in [-0.1, -0.05) is 12.1 Å². The molecular weight excluding hydrogens is 218 g/mol. The maximum absolute atomic E-state index is 12.1. The molecule has 1 aromatic rings. The van der Waals surface area contributed by atoms with E-state index in [-0.39, 0.29) is 11.9 Å². The van der Waals surface area contributed by atoms with Crippen molar-refractivity contribution in [2.24, 2.45) is 5.73 Å². The van der Waals surface area contributed by atoms with Crippen LogP contribution in [0.4, 0.5) is 0 Å². The Labute approximate surface area is 101 Å². The van der Waals surface area contributed by atoms with Gasteiger partial charge in [-0.3, -0.25) is 4.79 Å². The number of hydrogen-bond donors (Lipinski definition) is 1. The molecule has 94 valence electrons. The Morgan fingerprint density at radius 2 is 2.53 bits per heavy atom. The second kappa shape index (κ2) is 4.87. The third-order valence-corrected chi connectivity index (χ3v) is 3.27. The largest absolute Gasteiger partial charge is 0.359 e. The fourth-order valence-corrected chi connectivity index (χ4v) is 2.25. The highest BCUT2D eigenvalue weighted by molar-refractivity contribution is 5.82. The van der Waals surface area contributed by atoms with Gasteiger partial charge < -0.3 is 15.2 Å². The predicted molar refractivity (Wildman–Crippen MR) is 63.2 cm³/mol. The molecule has 1 unspecified atom stereocenters. The smallest absolute Gasteiger partial charge is 0.240 e. The molecule has 0 radical (unpaired) electrons. The summed E-state index contributed by atoms with van der Waals surface area (Å²) < 4.78 is 5.26. The fraction of sp³-hybridized carbons (Fsp3) is 0.667. The minimum absolute atomic E-state index is 0.0151. The van der Waals surface area contributed by atoms with Gasteiger partial charge in [0.05, 0.1) is 17.8 Å². The van der Waals surface area contributed by atoms with Crippen molar-refractivity contribution in [3.8, 4) is 0 Å². The van der Waals surface area contributed by atoms with Crippen molar-refractivity contribution in [3.05, 3.63) is 17.5 Å². The Kier molecular flexibility index (Phi) is 3.47. The fourth-order valence-electron chi connectivity index (χ4n) is 2.25. The molecule has 0 saturated carbocycles. The number of carbonyl (C=O) groups is 1. The lowest BCUT2D eigenvalue weighted by Crippen LogP contribution is -2.42. The molecule has 1 saturated heterocycles. The third-order valence-electron chi connectivity index (χ3n) is 3.27. The second-order valence-electron chi connectivity index (χ2n) is 4.58. The summed E-state index contributed by atoms with van der Waals surface area (Å²) in [5, 5.41) is 3.88. The molecule has 0 aromatic carbocycles. The number of nitrogens with two attached hydrogens (primary N) is 1. The number of aromatic nitrogens is 1. The van der Waals surface area contributed by atoms with Crippen molar-refractivity contribution in [1.29, 1.82) is 0 Å². The summed E-state index contributed by atoms with van der Waals surface area (Å²) in [5.41, 5.74) is 6.65. The van der Waals surface area contributed by atoms with Crippen molar-refractivity contribution in [2.45, 2.75) is 45.2 Å². The van der Waals surface area contributed by atoms with Gasteiger partial charge in [0.2, 0.25) is 5.91 Å². The van der Waals surface area contributed by atoms with Gasteiger partial charge in [-0.05, 0) is 26.2 Å². The van der Waals surface area contributed by atoms with E-state index in [0.29, 0.717) is 6.42 Å².